The molecule has 2 nitrogen and oxygen atoms in total. The molecular formula is C14H17BrN2. The number of nitriles is 1. The van der Waals surface area contributed by atoms with Gasteiger partial charge in [-0.2, -0.15) is 5.26 Å². The van der Waals surface area contributed by atoms with Crippen molar-refractivity contribution in [3.63, 3.8) is 0 Å². The van der Waals surface area contributed by atoms with Crippen molar-refractivity contribution in [2.45, 2.75) is 26.2 Å². The number of hydrogen-bond acceptors (Lipinski definition) is 2. The SMILES string of the molecule is Cc1ccc(N2CCCC(CC#N)C2)c(Br)c1. The molecule has 1 unspecified atom stereocenters. The quantitative estimate of drug-likeness (QED) is 0.827. The highest BCUT2D eigenvalue weighted by atomic mass is 79.9. The minimum atomic E-state index is 0.530. The molecule has 1 saturated heterocycles. The van der Waals surface area contributed by atoms with Crippen molar-refractivity contribution in [3.8, 4) is 6.07 Å². The molecular weight excluding hydrogens is 276 g/mol. The van der Waals surface area contributed by atoms with Crippen molar-refractivity contribution in [2.24, 2.45) is 5.92 Å². The van der Waals surface area contributed by atoms with E-state index in [0.717, 1.165) is 17.6 Å². The van der Waals surface area contributed by atoms with Gasteiger partial charge in [-0.15, -0.1) is 0 Å². The molecule has 0 N–H and O–H groups in total. The molecule has 0 saturated carbocycles. The molecule has 0 spiro atoms. The maximum absolute atomic E-state index is 8.79. The van der Waals surface area contributed by atoms with E-state index in [0.29, 0.717) is 12.3 Å². The van der Waals surface area contributed by atoms with Gasteiger partial charge in [0.15, 0.2) is 0 Å². The summed E-state index contributed by atoms with van der Waals surface area (Å²) >= 11 is 3.63. The Hall–Kier alpha value is -1.01. The van der Waals surface area contributed by atoms with Crippen LogP contribution in [0.15, 0.2) is 22.7 Å². The summed E-state index contributed by atoms with van der Waals surface area (Å²) in [5, 5.41) is 8.79. The van der Waals surface area contributed by atoms with Crippen LogP contribution in [0, 0.1) is 24.2 Å². The van der Waals surface area contributed by atoms with Crippen molar-refractivity contribution in [2.75, 3.05) is 18.0 Å². The number of halogens is 1. The van der Waals surface area contributed by atoms with Crippen molar-refractivity contribution < 1.29 is 0 Å². The zero-order valence-corrected chi connectivity index (χ0v) is 11.7. The predicted octanol–water partition coefficient (Wildman–Crippen LogP) is 3.89. The molecule has 0 bridgehead atoms. The summed E-state index contributed by atoms with van der Waals surface area (Å²) in [6.45, 7) is 4.21. The molecule has 0 aromatic heterocycles. The second kappa shape index (κ2) is 5.55. The summed E-state index contributed by atoms with van der Waals surface area (Å²) in [5.74, 6) is 0.530. The van der Waals surface area contributed by atoms with E-state index in [1.807, 2.05) is 0 Å². The number of anilines is 1. The van der Waals surface area contributed by atoms with Crippen LogP contribution in [0.4, 0.5) is 5.69 Å². The Balaban J connectivity index is 2.14. The van der Waals surface area contributed by atoms with Crippen LogP contribution in [0.3, 0.4) is 0 Å². The molecule has 90 valence electrons. The Morgan fingerprint density at radius 3 is 3.06 bits per heavy atom. The summed E-state index contributed by atoms with van der Waals surface area (Å²) in [4.78, 5) is 2.40. The van der Waals surface area contributed by atoms with Crippen molar-refractivity contribution >= 4 is 21.6 Å². The first kappa shape index (κ1) is 12.4. The molecule has 2 rings (SSSR count). The Bertz CT molecular complexity index is 436. The maximum atomic E-state index is 8.79. The van der Waals surface area contributed by atoms with Gasteiger partial charge >= 0.3 is 0 Å². The zero-order valence-electron chi connectivity index (χ0n) is 10.1. The highest BCUT2D eigenvalue weighted by Gasteiger charge is 2.21. The van der Waals surface area contributed by atoms with Crippen LogP contribution in [0.25, 0.3) is 0 Å². The second-order valence-corrected chi connectivity index (χ2v) is 5.63. The lowest BCUT2D eigenvalue weighted by Gasteiger charge is -2.34. The Morgan fingerprint density at radius 1 is 1.53 bits per heavy atom. The fourth-order valence-electron chi connectivity index (χ4n) is 2.45. The van der Waals surface area contributed by atoms with E-state index in [4.69, 9.17) is 5.26 Å². The molecule has 1 aliphatic rings. The first-order valence-corrected chi connectivity index (χ1v) is 6.88. The number of nitrogens with zero attached hydrogens (tertiary/aromatic N) is 2. The Labute approximate surface area is 111 Å². The van der Waals surface area contributed by atoms with Gasteiger partial charge in [-0.1, -0.05) is 6.07 Å². The maximum Gasteiger partial charge on any atom is 0.0625 e. The third kappa shape index (κ3) is 3.01. The van der Waals surface area contributed by atoms with Gasteiger partial charge < -0.3 is 4.90 Å². The van der Waals surface area contributed by atoms with Gasteiger partial charge in [-0.25, -0.2) is 0 Å². The van der Waals surface area contributed by atoms with Gasteiger partial charge in [0.2, 0.25) is 0 Å². The van der Waals surface area contributed by atoms with E-state index in [1.165, 1.54) is 24.1 Å². The fourth-order valence-corrected chi connectivity index (χ4v) is 3.19. The molecule has 17 heavy (non-hydrogen) atoms. The van der Waals surface area contributed by atoms with Crippen molar-refractivity contribution in [3.05, 3.63) is 28.2 Å². The van der Waals surface area contributed by atoms with Crippen LogP contribution in [0.1, 0.15) is 24.8 Å². The summed E-state index contributed by atoms with van der Waals surface area (Å²) in [7, 11) is 0. The molecule has 1 aliphatic heterocycles. The largest absolute Gasteiger partial charge is 0.370 e. The van der Waals surface area contributed by atoms with Gasteiger partial charge in [0.05, 0.1) is 11.8 Å². The third-order valence-electron chi connectivity index (χ3n) is 3.34. The predicted molar refractivity (Wildman–Crippen MR) is 74.0 cm³/mol. The minimum Gasteiger partial charge on any atom is -0.370 e. The molecule has 0 radical (unpaired) electrons. The zero-order chi connectivity index (χ0) is 12.3. The average molecular weight is 293 g/mol. The highest BCUT2D eigenvalue weighted by Crippen LogP contribution is 2.31. The standard InChI is InChI=1S/C14H17BrN2/c1-11-4-5-14(13(15)9-11)17-8-2-3-12(10-17)6-7-16/h4-5,9,12H,2-3,6,8,10H2,1H3. The number of hydrogen-bond donors (Lipinski definition) is 0. The fraction of sp³-hybridized carbons (Fsp3) is 0.500. The van der Waals surface area contributed by atoms with E-state index in [9.17, 15) is 0 Å². The molecule has 0 amide bonds. The lowest BCUT2D eigenvalue weighted by molar-refractivity contribution is 0.421. The smallest absolute Gasteiger partial charge is 0.0625 e. The van der Waals surface area contributed by atoms with Gasteiger partial charge in [-0.05, 0) is 59.3 Å². The van der Waals surface area contributed by atoms with Gasteiger partial charge in [0, 0.05) is 24.0 Å². The van der Waals surface area contributed by atoms with E-state index in [1.54, 1.807) is 0 Å². The van der Waals surface area contributed by atoms with Crippen molar-refractivity contribution in [1.29, 1.82) is 5.26 Å². The first-order chi connectivity index (χ1) is 8.20. The van der Waals surface area contributed by atoms with Crippen LogP contribution in [0.2, 0.25) is 0 Å². The summed E-state index contributed by atoms with van der Waals surface area (Å²) in [6.07, 6.45) is 3.06. The number of benzene rings is 1. The Morgan fingerprint density at radius 2 is 2.35 bits per heavy atom. The highest BCUT2D eigenvalue weighted by molar-refractivity contribution is 9.10. The van der Waals surface area contributed by atoms with Gasteiger partial charge in [0.25, 0.3) is 0 Å². The van der Waals surface area contributed by atoms with Crippen LogP contribution in [0.5, 0.6) is 0 Å². The molecule has 1 atom stereocenters. The molecule has 0 aliphatic carbocycles. The minimum absolute atomic E-state index is 0.530. The number of aryl methyl sites for hydroxylation is 1. The lowest BCUT2D eigenvalue weighted by Crippen LogP contribution is -2.35. The second-order valence-electron chi connectivity index (χ2n) is 4.77. The normalized spacial score (nSPS) is 20.1. The van der Waals surface area contributed by atoms with E-state index < -0.39 is 0 Å². The first-order valence-electron chi connectivity index (χ1n) is 6.08. The van der Waals surface area contributed by atoms with Gasteiger partial charge in [0.1, 0.15) is 0 Å². The molecule has 1 aromatic rings. The van der Waals surface area contributed by atoms with E-state index >= 15 is 0 Å². The molecule has 3 heteroatoms. The molecule has 1 fully saturated rings. The van der Waals surface area contributed by atoms with Crippen LogP contribution in [-0.2, 0) is 0 Å². The number of rotatable bonds is 2. The van der Waals surface area contributed by atoms with Gasteiger partial charge in [-0.3, -0.25) is 0 Å². The molecule has 1 heterocycles. The third-order valence-corrected chi connectivity index (χ3v) is 3.98. The van der Waals surface area contributed by atoms with E-state index in [2.05, 4.69) is 52.0 Å². The molecule has 1 aromatic carbocycles. The lowest BCUT2D eigenvalue weighted by atomic mass is 9.95. The van der Waals surface area contributed by atoms with E-state index in [-0.39, 0.29) is 0 Å². The monoisotopic (exact) mass is 292 g/mol. The van der Waals surface area contributed by atoms with Crippen LogP contribution in [-0.4, -0.2) is 13.1 Å². The van der Waals surface area contributed by atoms with Crippen molar-refractivity contribution in [1.82, 2.24) is 0 Å². The van der Waals surface area contributed by atoms with Crippen LogP contribution >= 0.6 is 15.9 Å². The topological polar surface area (TPSA) is 27.0 Å². The number of piperidine rings is 1. The van der Waals surface area contributed by atoms with Crippen LogP contribution < -0.4 is 4.90 Å². The summed E-state index contributed by atoms with van der Waals surface area (Å²) < 4.78 is 1.16. The summed E-state index contributed by atoms with van der Waals surface area (Å²) in [5.41, 5.74) is 2.53. The average Bonchev–Trinajstić information content (AvgIpc) is 2.29. The summed E-state index contributed by atoms with van der Waals surface area (Å²) in [6, 6.07) is 8.77. The Kier molecular flexibility index (Phi) is 4.06.